The van der Waals surface area contributed by atoms with E-state index in [1.54, 1.807) is 29.5 Å². The lowest BCUT2D eigenvalue weighted by Gasteiger charge is -2.05. The van der Waals surface area contributed by atoms with E-state index in [1.807, 2.05) is 12.1 Å². The Morgan fingerprint density at radius 2 is 1.82 bits per heavy atom. The second-order valence-electron chi connectivity index (χ2n) is 3.44. The topological polar surface area (TPSA) is 35.2 Å². The van der Waals surface area contributed by atoms with E-state index in [0.717, 1.165) is 9.75 Å². The van der Waals surface area contributed by atoms with Gasteiger partial charge in [-0.25, -0.2) is 0 Å². The van der Waals surface area contributed by atoms with Crippen LogP contribution in [0.15, 0.2) is 30.3 Å². The molecule has 0 saturated carbocycles. The fraction of sp³-hybridized carbons (Fsp3) is 0.167. The van der Waals surface area contributed by atoms with Crippen LogP contribution >= 0.6 is 34.5 Å². The number of benzene rings is 1. The SMILES string of the molecule is NCc1ccc(COc2ccc(Cl)c(Cl)c2)s1. The van der Waals surface area contributed by atoms with Crippen LogP contribution in [0.2, 0.25) is 10.0 Å². The van der Waals surface area contributed by atoms with Crippen LogP contribution in [0, 0.1) is 0 Å². The van der Waals surface area contributed by atoms with E-state index in [0.29, 0.717) is 28.9 Å². The van der Waals surface area contributed by atoms with Gasteiger partial charge in [0.1, 0.15) is 12.4 Å². The number of ether oxygens (including phenoxy) is 1. The Bertz CT molecular complexity index is 513. The summed E-state index contributed by atoms with van der Waals surface area (Å²) in [4.78, 5) is 2.29. The van der Waals surface area contributed by atoms with Crippen LogP contribution in [0.1, 0.15) is 9.75 Å². The second-order valence-corrected chi connectivity index (χ2v) is 5.50. The lowest BCUT2D eigenvalue weighted by molar-refractivity contribution is 0.310. The van der Waals surface area contributed by atoms with E-state index in [2.05, 4.69) is 0 Å². The van der Waals surface area contributed by atoms with Crippen LogP contribution < -0.4 is 10.5 Å². The average Bonchev–Trinajstić information content (AvgIpc) is 2.79. The highest BCUT2D eigenvalue weighted by Crippen LogP contribution is 2.27. The van der Waals surface area contributed by atoms with Gasteiger partial charge in [0.15, 0.2) is 0 Å². The highest BCUT2D eigenvalue weighted by Gasteiger charge is 2.02. The second kappa shape index (κ2) is 5.74. The maximum Gasteiger partial charge on any atom is 0.122 e. The van der Waals surface area contributed by atoms with Crippen LogP contribution in [0.5, 0.6) is 5.75 Å². The van der Waals surface area contributed by atoms with Gasteiger partial charge in [0.05, 0.1) is 10.0 Å². The molecule has 2 nitrogen and oxygen atoms in total. The van der Waals surface area contributed by atoms with Gasteiger partial charge in [-0.2, -0.15) is 0 Å². The molecule has 1 aromatic carbocycles. The van der Waals surface area contributed by atoms with Crippen molar-refractivity contribution in [3.63, 3.8) is 0 Å². The molecule has 0 amide bonds. The Morgan fingerprint density at radius 1 is 1.06 bits per heavy atom. The fourth-order valence-electron chi connectivity index (χ4n) is 1.33. The first-order chi connectivity index (χ1) is 8.19. The number of rotatable bonds is 4. The third kappa shape index (κ3) is 3.36. The summed E-state index contributed by atoms with van der Waals surface area (Å²) < 4.78 is 5.61. The minimum absolute atomic E-state index is 0.498. The molecule has 1 heterocycles. The standard InChI is InChI=1S/C12H11Cl2NOS/c13-11-4-1-8(5-12(11)14)16-7-10-3-2-9(6-15)17-10/h1-5H,6-7,15H2. The zero-order valence-electron chi connectivity index (χ0n) is 8.95. The zero-order valence-corrected chi connectivity index (χ0v) is 11.3. The number of thiophene rings is 1. The van der Waals surface area contributed by atoms with E-state index in [9.17, 15) is 0 Å². The zero-order chi connectivity index (χ0) is 12.3. The Balaban J connectivity index is 1.99. The van der Waals surface area contributed by atoms with Gasteiger partial charge < -0.3 is 10.5 Å². The predicted octanol–water partition coefficient (Wildman–Crippen LogP) is 4.09. The molecule has 0 radical (unpaired) electrons. The molecule has 0 aliphatic carbocycles. The number of hydrogen-bond donors (Lipinski definition) is 1. The summed E-state index contributed by atoms with van der Waals surface area (Å²) in [7, 11) is 0. The molecule has 0 unspecified atom stereocenters. The molecule has 0 aliphatic heterocycles. The summed E-state index contributed by atoms with van der Waals surface area (Å²) in [5.74, 6) is 0.710. The fourth-order valence-corrected chi connectivity index (χ4v) is 2.43. The molecular weight excluding hydrogens is 277 g/mol. The van der Waals surface area contributed by atoms with E-state index < -0.39 is 0 Å². The van der Waals surface area contributed by atoms with Crippen molar-refractivity contribution in [2.45, 2.75) is 13.2 Å². The molecule has 5 heteroatoms. The lowest BCUT2D eigenvalue weighted by Crippen LogP contribution is -1.93. The van der Waals surface area contributed by atoms with Gasteiger partial charge in [-0.05, 0) is 24.3 Å². The van der Waals surface area contributed by atoms with Crippen LogP contribution in [0.3, 0.4) is 0 Å². The van der Waals surface area contributed by atoms with E-state index in [4.69, 9.17) is 33.7 Å². The van der Waals surface area contributed by atoms with Gasteiger partial charge in [0.25, 0.3) is 0 Å². The van der Waals surface area contributed by atoms with Crippen LogP contribution in [-0.2, 0) is 13.2 Å². The van der Waals surface area contributed by atoms with Crippen molar-refractivity contribution in [3.8, 4) is 5.75 Å². The maximum atomic E-state index is 5.90. The van der Waals surface area contributed by atoms with Crippen molar-refractivity contribution in [3.05, 3.63) is 50.1 Å². The molecule has 2 N–H and O–H groups in total. The highest BCUT2D eigenvalue weighted by molar-refractivity contribution is 7.11. The third-order valence-corrected chi connectivity index (χ3v) is 4.01. The molecule has 0 bridgehead atoms. The van der Waals surface area contributed by atoms with Crippen molar-refractivity contribution in [1.82, 2.24) is 0 Å². The van der Waals surface area contributed by atoms with Gasteiger partial charge in [-0.1, -0.05) is 23.2 Å². The minimum Gasteiger partial charge on any atom is -0.488 e. The molecule has 0 spiro atoms. The molecule has 1 aromatic heterocycles. The van der Waals surface area contributed by atoms with Crippen molar-refractivity contribution < 1.29 is 4.74 Å². The Hall–Kier alpha value is -0.740. The van der Waals surface area contributed by atoms with Gasteiger partial charge >= 0.3 is 0 Å². The number of hydrogen-bond acceptors (Lipinski definition) is 3. The monoisotopic (exact) mass is 287 g/mol. The summed E-state index contributed by atoms with van der Waals surface area (Å²) in [6.07, 6.45) is 0. The predicted molar refractivity (Wildman–Crippen MR) is 73.0 cm³/mol. The molecule has 2 aromatic rings. The van der Waals surface area contributed by atoms with E-state index >= 15 is 0 Å². The van der Waals surface area contributed by atoms with E-state index in [-0.39, 0.29) is 0 Å². The van der Waals surface area contributed by atoms with E-state index in [1.165, 1.54) is 0 Å². The Morgan fingerprint density at radius 3 is 2.47 bits per heavy atom. The van der Waals surface area contributed by atoms with Crippen LogP contribution in [-0.4, -0.2) is 0 Å². The quantitative estimate of drug-likeness (QED) is 0.919. The summed E-state index contributed by atoms with van der Waals surface area (Å²) in [6, 6.07) is 9.26. The third-order valence-electron chi connectivity index (χ3n) is 2.19. The summed E-state index contributed by atoms with van der Waals surface area (Å²) in [5, 5.41) is 1.03. The Labute approximate surface area is 114 Å². The normalized spacial score (nSPS) is 10.5. The van der Waals surface area contributed by atoms with Gasteiger partial charge in [-0.3, -0.25) is 0 Å². The van der Waals surface area contributed by atoms with Crippen molar-refractivity contribution in [2.24, 2.45) is 5.73 Å². The summed E-state index contributed by atoms with van der Waals surface area (Å²) in [5.41, 5.74) is 5.54. The summed E-state index contributed by atoms with van der Waals surface area (Å²) in [6.45, 7) is 1.08. The molecule has 0 aliphatic rings. The van der Waals surface area contributed by atoms with Gasteiger partial charge in [0, 0.05) is 22.4 Å². The van der Waals surface area contributed by atoms with Gasteiger partial charge in [0.2, 0.25) is 0 Å². The molecule has 2 rings (SSSR count). The van der Waals surface area contributed by atoms with Crippen molar-refractivity contribution >= 4 is 34.5 Å². The molecular formula is C12H11Cl2NOS. The molecule has 17 heavy (non-hydrogen) atoms. The molecule has 0 saturated heterocycles. The Kier molecular flexibility index (Phi) is 4.29. The van der Waals surface area contributed by atoms with Crippen LogP contribution in [0.25, 0.3) is 0 Å². The smallest absolute Gasteiger partial charge is 0.122 e. The van der Waals surface area contributed by atoms with Crippen molar-refractivity contribution in [2.75, 3.05) is 0 Å². The first-order valence-corrected chi connectivity index (χ1v) is 6.62. The highest BCUT2D eigenvalue weighted by atomic mass is 35.5. The minimum atomic E-state index is 0.498. The van der Waals surface area contributed by atoms with Crippen molar-refractivity contribution in [1.29, 1.82) is 0 Å². The first kappa shape index (κ1) is 12.7. The molecule has 0 fully saturated rings. The maximum absolute atomic E-state index is 5.90. The number of nitrogens with two attached hydrogens (primary N) is 1. The first-order valence-electron chi connectivity index (χ1n) is 5.04. The summed E-state index contributed by atoms with van der Waals surface area (Å²) >= 11 is 13.4. The largest absolute Gasteiger partial charge is 0.488 e. The van der Waals surface area contributed by atoms with Gasteiger partial charge in [-0.15, -0.1) is 11.3 Å². The molecule has 0 atom stereocenters. The number of halogens is 2. The average molecular weight is 288 g/mol. The van der Waals surface area contributed by atoms with Crippen LogP contribution in [0.4, 0.5) is 0 Å². The molecule has 90 valence electrons. The lowest BCUT2D eigenvalue weighted by atomic mass is 10.3.